The fourth-order valence-electron chi connectivity index (χ4n) is 2.42. The number of hydrogen-bond acceptors (Lipinski definition) is 3. The molecule has 6 heteroatoms. The van der Waals surface area contributed by atoms with Gasteiger partial charge in [-0.2, -0.15) is 0 Å². The number of benzene rings is 1. The van der Waals surface area contributed by atoms with Crippen molar-refractivity contribution in [2.45, 2.75) is 25.3 Å². The van der Waals surface area contributed by atoms with Crippen LogP contribution in [0.1, 0.15) is 18.4 Å². The fourth-order valence-corrected chi connectivity index (χ4v) is 2.64. The van der Waals surface area contributed by atoms with Crippen LogP contribution in [0.4, 0.5) is 4.79 Å². The van der Waals surface area contributed by atoms with Crippen molar-refractivity contribution in [3.63, 3.8) is 0 Å². The Morgan fingerprint density at radius 2 is 2.29 bits per heavy atom. The molecule has 1 saturated heterocycles. The van der Waals surface area contributed by atoms with E-state index in [1.165, 1.54) is 7.11 Å². The first-order valence-electron chi connectivity index (χ1n) is 6.95. The average Bonchev–Trinajstić information content (AvgIpc) is 2.93. The summed E-state index contributed by atoms with van der Waals surface area (Å²) in [5, 5.41) is 3.63. The first-order valence-corrected chi connectivity index (χ1v) is 7.33. The molecule has 0 radical (unpaired) electrons. The lowest BCUT2D eigenvalue weighted by molar-refractivity contribution is -0.121. The van der Waals surface area contributed by atoms with E-state index in [-0.39, 0.29) is 18.0 Å². The molecular weight excluding hydrogens is 292 g/mol. The normalized spacial score (nSPS) is 17.6. The Bertz CT molecular complexity index is 521. The van der Waals surface area contributed by atoms with Crippen LogP contribution in [0.25, 0.3) is 0 Å². The molecule has 0 bridgehead atoms. The molecule has 2 amide bonds. The van der Waals surface area contributed by atoms with E-state index in [0.29, 0.717) is 31.0 Å². The molecule has 1 N–H and O–H groups in total. The summed E-state index contributed by atoms with van der Waals surface area (Å²) in [6, 6.07) is 7.51. The molecule has 0 unspecified atom stereocenters. The van der Waals surface area contributed by atoms with Crippen LogP contribution in [0, 0.1) is 0 Å². The second kappa shape index (κ2) is 7.31. The number of aryl methyl sites for hydroxylation is 1. The lowest BCUT2D eigenvalue weighted by Crippen LogP contribution is -2.38. The summed E-state index contributed by atoms with van der Waals surface area (Å²) >= 11 is 5.91. The van der Waals surface area contributed by atoms with Gasteiger partial charge in [-0.15, -0.1) is 0 Å². The van der Waals surface area contributed by atoms with Crippen LogP contribution < -0.4 is 5.32 Å². The van der Waals surface area contributed by atoms with Gasteiger partial charge in [0, 0.05) is 30.6 Å². The molecule has 1 atom stereocenters. The molecule has 1 aliphatic rings. The SMILES string of the molecule is COC(=O)N1CC[C@H](NC(=O)CCc2cccc(Cl)c2)C1. The smallest absolute Gasteiger partial charge is 0.409 e. The van der Waals surface area contributed by atoms with Gasteiger partial charge >= 0.3 is 6.09 Å². The van der Waals surface area contributed by atoms with Gasteiger partial charge < -0.3 is 15.0 Å². The molecule has 5 nitrogen and oxygen atoms in total. The van der Waals surface area contributed by atoms with Crippen LogP contribution in [0.3, 0.4) is 0 Å². The van der Waals surface area contributed by atoms with Crippen molar-refractivity contribution in [1.29, 1.82) is 0 Å². The molecule has 1 fully saturated rings. The van der Waals surface area contributed by atoms with Crippen molar-refractivity contribution < 1.29 is 14.3 Å². The van der Waals surface area contributed by atoms with Gasteiger partial charge in [0.25, 0.3) is 0 Å². The van der Waals surface area contributed by atoms with Gasteiger partial charge in [-0.05, 0) is 30.5 Å². The molecule has 1 aliphatic heterocycles. The molecule has 21 heavy (non-hydrogen) atoms. The number of likely N-dealkylation sites (tertiary alicyclic amines) is 1. The third-order valence-electron chi connectivity index (χ3n) is 3.52. The number of nitrogens with one attached hydrogen (secondary N) is 1. The highest BCUT2D eigenvalue weighted by molar-refractivity contribution is 6.30. The molecule has 0 spiro atoms. The first kappa shape index (κ1) is 15.6. The highest BCUT2D eigenvalue weighted by Gasteiger charge is 2.27. The minimum atomic E-state index is -0.342. The molecule has 1 aromatic carbocycles. The maximum absolute atomic E-state index is 11.9. The predicted molar refractivity (Wildman–Crippen MR) is 80.3 cm³/mol. The lowest BCUT2D eigenvalue weighted by Gasteiger charge is -2.15. The van der Waals surface area contributed by atoms with E-state index in [1.807, 2.05) is 24.3 Å². The van der Waals surface area contributed by atoms with Crippen LogP contribution in [0.15, 0.2) is 24.3 Å². The number of carbonyl (C=O) groups is 2. The van der Waals surface area contributed by atoms with Crippen molar-refractivity contribution in [2.24, 2.45) is 0 Å². The Morgan fingerprint density at radius 3 is 3.00 bits per heavy atom. The zero-order chi connectivity index (χ0) is 15.2. The Kier molecular flexibility index (Phi) is 5.44. The monoisotopic (exact) mass is 310 g/mol. The number of ether oxygens (including phenoxy) is 1. The van der Waals surface area contributed by atoms with Gasteiger partial charge in [0.05, 0.1) is 7.11 Å². The van der Waals surface area contributed by atoms with Crippen molar-refractivity contribution >= 4 is 23.6 Å². The summed E-state index contributed by atoms with van der Waals surface area (Å²) < 4.78 is 4.67. The summed E-state index contributed by atoms with van der Waals surface area (Å²) in [6.07, 6.45) is 1.48. The zero-order valence-electron chi connectivity index (χ0n) is 12.0. The zero-order valence-corrected chi connectivity index (χ0v) is 12.7. The molecule has 1 aromatic rings. The van der Waals surface area contributed by atoms with Gasteiger partial charge in [-0.3, -0.25) is 4.79 Å². The van der Waals surface area contributed by atoms with E-state index in [4.69, 9.17) is 11.6 Å². The Labute approximate surface area is 129 Å². The number of amides is 2. The van der Waals surface area contributed by atoms with Crippen LogP contribution in [0.2, 0.25) is 5.02 Å². The third-order valence-corrected chi connectivity index (χ3v) is 3.75. The third kappa shape index (κ3) is 4.63. The molecule has 0 saturated carbocycles. The Hall–Kier alpha value is -1.75. The molecule has 0 aliphatic carbocycles. The second-order valence-electron chi connectivity index (χ2n) is 5.10. The van der Waals surface area contributed by atoms with E-state index >= 15 is 0 Å². The molecule has 1 heterocycles. The van der Waals surface area contributed by atoms with E-state index in [1.54, 1.807) is 4.90 Å². The second-order valence-corrected chi connectivity index (χ2v) is 5.54. The van der Waals surface area contributed by atoms with Crippen molar-refractivity contribution in [3.05, 3.63) is 34.9 Å². The number of halogens is 1. The van der Waals surface area contributed by atoms with E-state index < -0.39 is 0 Å². The first-order chi connectivity index (χ1) is 10.1. The average molecular weight is 311 g/mol. The summed E-state index contributed by atoms with van der Waals surface area (Å²) in [7, 11) is 1.36. The van der Waals surface area contributed by atoms with Crippen LogP contribution in [-0.2, 0) is 16.0 Å². The van der Waals surface area contributed by atoms with Gasteiger partial charge in [-0.1, -0.05) is 23.7 Å². The van der Waals surface area contributed by atoms with E-state index in [2.05, 4.69) is 10.1 Å². The minimum Gasteiger partial charge on any atom is -0.453 e. The summed E-state index contributed by atoms with van der Waals surface area (Å²) in [4.78, 5) is 24.9. The minimum absolute atomic E-state index is 0.00769. The van der Waals surface area contributed by atoms with Crippen LogP contribution in [-0.4, -0.2) is 43.1 Å². The number of hydrogen-bond donors (Lipinski definition) is 1. The number of rotatable bonds is 4. The maximum atomic E-state index is 11.9. The van der Waals surface area contributed by atoms with Crippen LogP contribution >= 0.6 is 11.6 Å². The molecule has 0 aromatic heterocycles. The molecular formula is C15H19ClN2O3. The quantitative estimate of drug-likeness (QED) is 0.928. The summed E-state index contributed by atoms with van der Waals surface area (Å²) in [5.41, 5.74) is 1.04. The van der Waals surface area contributed by atoms with Crippen LogP contribution in [0.5, 0.6) is 0 Å². The molecule has 114 valence electrons. The highest BCUT2D eigenvalue weighted by Crippen LogP contribution is 2.13. The van der Waals surface area contributed by atoms with E-state index in [9.17, 15) is 9.59 Å². The topological polar surface area (TPSA) is 58.6 Å². The lowest BCUT2D eigenvalue weighted by atomic mass is 10.1. The number of methoxy groups -OCH3 is 1. The number of carbonyl (C=O) groups excluding carboxylic acids is 2. The van der Waals surface area contributed by atoms with Crippen molar-refractivity contribution in [3.8, 4) is 0 Å². The largest absolute Gasteiger partial charge is 0.453 e. The van der Waals surface area contributed by atoms with Gasteiger partial charge in [0.2, 0.25) is 5.91 Å². The summed E-state index contributed by atoms with van der Waals surface area (Å²) in [6.45, 7) is 1.13. The summed E-state index contributed by atoms with van der Waals surface area (Å²) in [5.74, 6) is -0.00769. The Balaban J connectivity index is 1.74. The van der Waals surface area contributed by atoms with Gasteiger partial charge in [-0.25, -0.2) is 4.79 Å². The fraction of sp³-hybridized carbons (Fsp3) is 0.467. The van der Waals surface area contributed by atoms with Crippen molar-refractivity contribution in [1.82, 2.24) is 10.2 Å². The van der Waals surface area contributed by atoms with E-state index in [0.717, 1.165) is 12.0 Å². The highest BCUT2D eigenvalue weighted by atomic mass is 35.5. The Morgan fingerprint density at radius 1 is 1.48 bits per heavy atom. The molecule has 2 rings (SSSR count). The van der Waals surface area contributed by atoms with Crippen molar-refractivity contribution in [2.75, 3.05) is 20.2 Å². The van der Waals surface area contributed by atoms with Gasteiger partial charge in [0.15, 0.2) is 0 Å². The predicted octanol–water partition coefficient (Wildman–Crippen LogP) is 2.23. The number of nitrogens with zero attached hydrogens (tertiary/aromatic N) is 1. The van der Waals surface area contributed by atoms with Gasteiger partial charge in [0.1, 0.15) is 0 Å². The standard InChI is InChI=1S/C15H19ClN2O3/c1-21-15(20)18-8-7-13(10-18)17-14(19)6-5-11-3-2-4-12(16)9-11/h2-4,9,13H,5-8,10H2,1H3,(H,17,19)/t13-/m0/s1. The maximum Gasteiger partial charge on any atom is 0.409 e.